The summed E-state index contributed by atoms with van der Waals surface area (Å²) in [5.74, 6) is 0.162. The third-order valence-electron chi connectivity index (χ3n) is 3.44. The van der Waals surface area contributed by atoms with Gasteiger partial charge in [0.25, 0.3) is 0 Å². The Balaban J connectivity index is 1.79. The first-order chi connectivity index (χ1) is 9.44. The van der Waals surface area contributed by atoms with Gasteiger partial charge in [0.15, 0.2) is 0 Å². The Kier molecular flexibility index (Phi) is 4.73. The smallest absolute Gasteiger partial charge is 0.224 e. The first-order valence-corrected chi connectivity index (χ1v) is 7.13. The van der Waals surface area contributed by atoms with Crippen molar-refractivity contribution in [2.75, 3.05) is 26.2 Å². The van der Waals surface area contributed by atoms with E-state index in [1.54, 1.807) is 0 Å². The second-order valence-electron chi connectivity index (χ2n) is 6.14. The molecule has 2 rings (SSSR count). The van der Waals surface area contributed by atoms with E-state index in [1.807, 2.05) is 43.1 Å². The highest BCUT2D eigenvalue weighted by atomic mass is 16.2. The second kappa shape index (κ2) is 6.33. The molecule has 0 spiro atoms. The number of carbonyl (C=O) groups is 1. The van der Waals surface area contributed by atoms with Crippen LogP contribution in [0.2, 0.25) is 0 Å². The number of pyridine rings is 1. The van der Waals surface area contributed by atoms with E-state index in [0.717, 1.165) is 38.4 Å². The van der Waals surface area contributed by atoms with Gasteiger partial charge in [-0.1, -0.05) is 6.07 Å². The van der Waals surface area contributed by atoms with Crippen molar-refractivity contribution in [1.82, 2.24) is 14.8 Å². The van der Waals surface area contributed by atoms with Crippen LogP contribution in [0.15, 0.2) is 24.4 Å². The number of rotatable bonds is 4. The second-order valence-corrected chi connectivity index (χ2v) is 6.14. The molecule has 0 aromatic carbocycles. The van der Waals surface area contributed by atoms with Crippen molar-refractivity contribution in [3.05, 3.63) is 30.1 Å². The number of amides is 1. The van der Waals surface area contributed by atoms with Gasteiger partial charge < -0.3 is 10.6 Å². The summed E-state index contributed by atoms with van der Waals surface area (Å²) < 4.78 is 0. The van der Waals surface area contributed by atoms with Crippen molar-refractivity contribution < 1.29 is 4.79 Å². The highest BCUT2D eigenvalue weighted by molar-refractivity contribution is 5.77. The zero-order valence-electron chi connectivity index (χ0n) is 12.4. The molecule has 2 heterocycles. The molecule has 1 amide bonds. The van der Waals surface area contributed by atoms with Crippen LogP contribution in [0.3, 0.4) is 0 Å². The van der Waals surface area contributed by atoms with Crippen LogP contribution in [0.5, 0.6) is 0 Å². The maximum atomic E-state index is 12.1. The molecule has 20 heavy (non-hydrogen) atoms. The molecule has 0 bridgehead atoms. The van der Waals surface area contributed by atoms with Crippen LogP contribution < -0.4 is 5.73 Å². The third kappa shape index (κ3) is 4.58. The molecular formula is C15H24N4O. The summed E-state index contributed by atoms with van der Waals surface area (Å²) >= 11 is 0. The first kappa shape index (κ1) is 14.9. The van der Waals surface area contributed by atoms with Gasteiger partial charge in [-0.2, -0.15) is 0 Å². The summed E-state index contributed by atoms with van der Waals surface area (Å²) in [5, 5.41) is 0. The predicted molar refractivity (Wildman–Crippen MR) is 79.0 cm³/mol. The molecule has 5 heteroatoms. The van der Waals surface area contributed by atoms with E-state index in [9.17, 15) is 4.79 Å². The van der Waals surface area contributed by atoms with E-state index in [4.69, 9.17) is 5.73 Å². The highest BCUT2D eigenvalue weighted by Crippen LogP contribution is 2.11. The minimum absolute atomic E-state index is 0.162. The Morgan fingerprint density at radius 2 is 2.00 bits per heavy atom. The van der Waals surface area contributed by atoms with Crippen LogP contribution in [0.25, 0.3) is 0 Å². The number of hydrogen-bond donors (Lipinski definition) is 1. The van der Waals surface area contributed by atoms with Crippen LogP contribution in [0, 0.1) is 0 Å². The fourth-order valence-electron chi connectivity index (χ4n) is 2.38. The van der Waals surface area contributed by atoms with Crippen LogP contribution >= 0.6 is 0 Å². The number of carbonyl (C=O) groups excluding carboxylic acids is 1. The standard InChI is InChI=1S/C15H24N4O/c1-15(2,16)11-14(20)19-9-7-18(8-10-19)12-13-5-3-4-6-17-13/h3-6H,7-12,16H2,1-2H3. The summed E-state index contributed by atoms with van der Waals surface area (Å²) in [6.45, 7) is 7.99. The van der Waals surface area contributed by atoms with Crippen LogP contribution in [0.4, 0.5) is 0 Å². The highest BCUT2D eigenvalue weighted by Gasteiger charge is 2.25. The number of piperazine rings is 1. The summed E-state index contributed by atoms with van der Waals surface area (Å²) in [7, 11) is 0. The summed E-state index contributed by atoms with van der Waals surface area (Å²) in [6.07, 6.45) is 2.23. The van der Waals surface area contributed by atoms with Crippen molar-refractivity contribution in [2.24, 2.45) is 5.73 Å². The maximum absolute atomic E-state index is 12.1. The Morgan fingerprint density at radius 1 is 1.30 bits per heavy atom. The maximum Gasteiger partial charge on any atom is 0.224 e. The Bertz CT molecular complexity index is 433. The molecular weight excluding hydrogens is 252 g/mol. The average molecular weight is 276 g/mol. The molecule has 0 saturated carbocycles. The normalized spacial score (nSPS) is 17.2. The molecule has 1 aliphatic heterocycles. The van der Waals surface area contributed by atoms with Crippen molar-refractivity contribution >= 4 is 5.91 Å². The van der Waals surface area contributed by atoms with Gasteiger partial charge in [-0.25, -0.2) is 0 Å². The van der Waals surface area contributed by atoms with Gasteiger partial charge in [-0.15, -0.1) is 0 Å². The van der Waals surface area contributed by atoms with E-state index < -0.39 is 5.54 Å². The Hall–Kier alpha value is -1.46. The van der Waals surface area contributed by atoms with Crippen molar-refractivity contribution in [3.63, 3.8) is 0 Å². The van der Waals surface area contributed by atoms with E-state index in [-0.39, 0.29) is 5.91 Å². The molecule has 0 atom stereocenters. The van der Waals surface area contributed by atoms with Crippen LogP contribution in [0.1, 0.15) is 26.0 Å². The molecule has 1 aromatic rings. The number of nitrogens with two attached hydrogens (primary N) is 1. The average Bonchev–Trinajstić information content (AvgIpc) is 2.39. The van der Waals surface area contributed by atoms with E-state index in [0.29, 0.717) is 6.42 Å². The van der Waals surface area contributed by atoms with Crippen LogP contribution in [-0.2, 0) is 11.3 Å². The molecule has 1 fully saturated rings. The summed E-state index contributed by atoms with van der Waals surface area (Å²) in [6, 6.07) is 5.97. The number of aromatic nitrogens is 1. The monoisotopic (exact) mass is 276 g/mol. The Labute approximate surface area is 120 Å². The largest absolute Gasteiger partial charge is 0.340 e. The lowest BCUT2D eigenvalue weighted by Crippen LogP contribution is -2.50. The fourth-order valence-corrected chi connectivity index (χ4v) is 2.38. The zero-order chi connectivity index (χ0) is 14.6. The van der Waals surface area contributed by atoms with E-state index in [2.05, 4.69) is 9.88 Å². The molecule has 1 aliphatic rings. The third-order valence-corrected chi connectivity index (χ3v) is 3.44. The van der Waals surface area contributed by atoms with Gasteiger partial charge in [0.1, 0.15) is 0 Å². The Morgan fingerprint density at radius 3 is 2.55 bits per heavy atom. The number of hydrogen-bond acceptors (Lipinski definition) is 4. The van der Waals surface area contributed by atoms with Gasteiger partial charge in [-0.05, 0) is 26.0 Å². The van der Waals surface area contributed by atoms with Crippen LogP contribution in [-0.4, -0.2) is 52.4 Å². The lowest BCUT2D eigenvalue weighted by molar-refractivity contribution is -0.134. The van der Waals surface area contributed by atoms with Gasteiger partial charge >= 0.3 is 0 Å². The van der Waals surface area contributed by atoms with Crippen molar-refractivity contribution in [3.8, 4) is 0 Å². The summed E-state index contributed by atoms with van der Waals surface area (Å²) in [5.41, 5.74) is 6.56. The molecule has 0 radical (unpaired) electrons. The fraction of sp³-hybridized carbons (Fsp3) is 0.600. The minimum atomic E-state index is -0.428. The molecule has 5 nitrogen and oxygen atoms in total. The van der Waals surface area contributed by atoms with Gasteiger partial charge in [0.05, 0.1) is 5.69 Å². The number of nitrogens with zero attached hydrogens (tertiary/aromatic N) is 3. The van der Waals surface area contributed by atoms with Gasteiger partial charge in [-0.3, -0.25) is 14.7 Å². The molecule has 110 valence electrons. The lowest BCUT2D eigenvalue weighted by atomic mass is 10.0. The van der Waals surface area contributed by atoms with E-state index >= 15 is 0 Å². The van der Waals surface area contributed by atoms with Crippen molar-refractivity contribution in [1.29, 1.82) is 0 Å². The zero-order valence-corrected chi connectivity index (χ0v) is 12.4. The topological polar surface area (TPSA) is 62.5 Å². The quantitative estimate of drug-likeness (QED) is 0.886. The molecule has 0 unspecified atom stereocenters. The molecule has 1 saturated heterocycles. The molecule has 1 aromatic heterocycles. The van der Waals surface area contributed by atoms with Gasteiger partial charge in [0.2, 0.25) is 5.91 Å². The van der Waals surface area contributed by atoms with Crippen molar-refractivity contribution in [2.45, 2.75) is 32.4 Å². The van der Waals surface area contributed by atoms with Gasteiger partial charge in [0, 0.05) is 50.9 Å². The SMILES string of the molecule is CC(C)(N)CC(=O)N1CCN(Cc2ccccn2)CC1. The predicted octanol–water partition coefficient (Wildman–Crippen LogP) is 0.853. The summed E-state index contributed by atoms with van der Waals surface area (Å²) in [4.78, 5) is 20.7. The minimum Gasteiger partial charge on any atom is -0.340 e. The first-order valence-electron chi connectivity index (χ1n) is 7.13. The molecule has 0 aliphatic carbocycles. The molecule has 2 N–H and O–H groups in total. The lowest BCUT2D eigenvalue weighted by Gasteiger charge is -2.35. The van der Waals surface area contributed by atoms with E-state index in [1.165, 1.54) is 0 Å².